The standard InChI is InChI=1S/C13H15FN2O/c1-9-4-5-16(8-13(9)17)12-3-2-10(7-15)6-11(12)14/h2-3,6,9,13,17H,4-5,8H2,1H3. The van der Waals surface area contributed by atoms with Crippen molar-refractivity contribution in [1.82, 2.24) is 0 Å². The maximum atomic E-state index is 13.8. The number of aliphatic hydroxyl groups excluding tert-OH is 1. The summed E-state index contributed by atoms with van der Waals surface area (Å²) in [5.74, 6) is -0.140. The van der Waals surface area contributed by atoms with Gasteiger partial charge in [-0.2, -0.15) is 5.26 Å². The van der Waals surface area contributed by atoms with Crippen LogP contribution in [0.4, 0.5) is 10.1 Å². The van der Waals surface area contributed by atoms with Crippen molar-refractivity contribution < 1.29 is 9.50 Å². The van der Waals surface area contributed by atoms with Gasteiger partial charge in [0.05, 0.1) is 23.4 Å². The molecule has 2 atom stereocenters. The lowest BCUT2D eigenvalue weighted by Gasteiger charge is -2.35. The number of aliphatic hydroxyl groups is 1. The van der Waals surface area contributed by atoms with Gasteiger partial charge >= 0.3 is 0 Å². The second-order valence-corrected chi connectivity index (χ2v) is 4.56. The number of piperidine rings is 1. The highest BCUT2D eigenvalue weighted by Gasteiger charge is 2.25. The van der Waals surface area contributed by atoms with E-state index >= 15 is 0 Å². The third kappa shape index (κ3) is 2.40. The molecule has 0 radical (unpaired) electrons. The molecule has 2 rings (SSSR count). The van der Waals surface area contributed by atoms with E-state index in [9.17, 15) is 9.50 Å². The summed E-state index contributed by atoms with van der Waals surface area (Å²) < 4.78 is 13.8. The summed E-state index contributed by atoms with van der Waals surface area (Å²) in [4.78, 5) is 1.83. The average molecular weight is 234 g/mol. The molecule has 1 N–H and O–H groups in total. The molecule has 0 aliphatic carbocycles. The number of hydrogen-bond donors (Lipinski definition) is 1. The number of anilines is 1. The molecular weight excluding hydrogens is 219 g/mol. The molecule has 1 heterocycles. The number of halogens is 1. The van der Waals surface area contributed by atoms with Crippen molar-refractivity contribution >= 4 is 5.69 Å². The number of nitrogens with zero attached hydrogens (tertiary/aromatic N) is 2. The van der Waals surface area contributed by atoms with E-state index in [1.165, 1.54) is 6.07 Å². The second-order valence-electron chi connectivity index (χ2n) is 4.56. The minimum atomic E-state index is -0.418. The lowest BCUT2D eigenvalue weighted by molar-refractivity contribution is 0.102. The largest absolute Gasteiger partial charge is 0.391 e. The van der Waals surface area contributed by atoms with E-state index in [0.717, 1.165) is 13.0 Å². The highest BCUT2D eigenvalue weighted by Crippen LogP contribution is 2.26. The predicted octanol–water partition coefficient (Wildman–Crippen LogP) is 1.90. The Bertz CT molecular complexity index is 455. The zero-order chi connectivity index (χ0) is 12.4. The molecule has 90 valence electrons. The monoisotopic (exact) mass is 234 g/mol. The van der Waals surface area contributed by atoms with Crippen LogP contribution in [0.3, 0.4) is 0 Å². The van der Waals surface area contributed by atoms with Gasteiger partial charge in [-0.1, -0.05) is 6.92 Å². The smallest absolute Gasteiger partial charge is 0.147 e. The maximum Gasteiger partial charge on any atom is 0.147 e. The Labute approximate surface area is 100 Å². The van der Waals surface area contributed by atoms with Crippen molar-refractivity contribution in [3.63, 3.8) is 0 Å². The Hall–Kier alpha value is -1.60. The van der Waals surface area contributed by atoms with Gasteiger partial charge in [-0.25, -0.2) is 4.39 Å². The number of rotatable bonds is 1. The summed E-state index contributed by atoms with van der Waals surface area (Å²) in [5, 5.41) is 18.5. The van der Waals surface area contributed by atoms with Gasteiger partial charge in [0.2, 0.25) is 0 Å². The molecule has 0 saturated carbocycles. The predicted molar refractivity (Wildman–Crippen MR) is 63.1 cm³/mol. The van der Waals surface area contributed by atoms with Crippen molar-refractivity contribution in [3.05, 3.63) is 29.6 Å². The topological polar surface area (TPSA) is 47.3 Å². The molecule has 1 saturated heterocycles. The van der Waals surface area contributed by atoms with Crippen molar-refractivity contribution in [1.29, 1.82) is 5.26 Å². The zero-order valence-electron chi connectivity index (χ0n) is 9.73. The molecule has 0 spiro atoms. The number of nitriles is 1. The van der Waals surface area contributed by atoms with Crippen molar-refractivity contribution in [2.45, 2.75) is 19.4 Å². The Balaban J connectivity index is 2.21. The highest BCUT2D eigenvalue weighted by atomic mass is 19.1. The molecule has 3 nitrogen and oxygen atoms in total. The summed E-state index contributed by atoms with van der Waals surface area (Å²) in [5.41, 5.74) is 0.784. The molecule has 4 heteroatoms. The van der Waals surface area contributed by atoms with Gasteiger partial charge in [-0.15, -0.1) is 0 Å². The first-order valence-electron chi connectivity index (χ1n) is 5.74. The third-order valence-electron chi connectivity index (χ3n) is 3.34. The lowest BCUT2D eigenvalue weighted by Crippen LogP contribution is -2.43. The highest BCUT2D eigenvalue weighted by molar-refractivity contribution is 5.51. The summed E-state index contributed by atoms with van der Waals surface area (Å²) in [6.07, 6.45) is 0.430. The molecule has 1 fully saturated rings. The van der Waals surface area contributed by atoms with Crippen LogP contribution in [-0.2, 0) is 0 Å². The lowest BCUT2D eigenvalue weighted by atomic mass is 9.95. The molecule has 1 aromatic rings. The zero-order valence-corrected chi connectivity index (χ0v) is 9.73. The fourth-order valence-electron chi connectivity index (χ4n) is 2.10. The molecular formula is C13H15FN2O. The maximum absolute atomic E-state index is 13.8. The van der Waals surface area contributed by atoms with E-state index in [-0.39, 0.29) is 5.92 Å². The van der Waals surface area contributed by atoms with E-state index < -0.39 is 11.9 Å². The number of β-amino-alcohol motifs (C(OH)–C–C–N with tert-alkyl or cyclic N) is 1. The van der Waals surface area contributed by atoms with Gasteiger partial charge in [0.1, 0.15) is 5.82 Å². The van der Waals surface area contributed by atoms with Gasteiger partial charge in [0.25, 0.3) is 0 Å². The van der Waals surface area contributed by atoms with Crippen molar-refractivity contribution in [3.8, 4) is 6.07 Å². The van der Waals surface area contributed by atoms with Crippen LogP contribution in [0.25, 0.3) is 0 Å². The molecule has 1 aliphatic heterocycles. The summed E-state index contributed by atoms with van der Waals surface area (Å²) >= 11 is 0. The van der Waals surface area contributed by atoms with Crippen molar-refractivity contribution in [2.24, 2.45) is 5.92 Å². The van der Waals surface area contributed by atoms with Gasteiger partial charge < -0.3 is 10.0 Å². The first kappa shape index (κ1) is 11.9. The quantitative estimate of drug-likeness (QED) is 0.807. The van der Waals surface area contributed by atoms with Crippen LogP contribution in [0.15, 0.2) is 18.2 Å². The number of hydrogen-bond acceptors (Lipinski definition) is 3. The Morgan fingerprint density at radius 2 is 2.29 bits per heavy atom. The van der Waals surface area contributed by atoms with E-state index in [0.29, 0.717) is 17.8 Å². The molecule has 0 aromatic heterocycles. The molecule has 17 heavy (non-hydrogen) atoms. The average Bonchev–Trinajstić information content (AvgIpc) is 2.32. The van der Waals surface area contributed by atoms with Crippen LogP contribution in [-0.4, -0.2) is 24.3 Å². The second kappa shape index (κ2) is 4.72. The van der Waals surface area contributed by atoms with Crippen LogP contribution in [0, 0.1) is 23.1 Å². The molecule has 2 unspecified atom stereocenters. The third-order valence-corrected chi connectivity index (χ3v) is 3.34. The van der Waals surface area contributed by atoms with Crippen molar-refractivity contribution in [2.75, 3.05) is 18.0 Å². The fraction of sp³-hybridized carbons (Fsp3) is 0.462. The van der Waals surface area contributed by atoms with E-state index in [2.05, 4.69) is 0 Å². The number of benzene rings is 1. The molecule has 1 aliphatic rings. The van der Waals surface area contributed by atoms with Crippen LogP contribution in [0.1, 0.15) is 18.9 Å². The SMILES string of the molecule is CC1CCN(c2ccc(C#N)cc2F)CC1O. The van der Waals surface area contributed by atoms with E-state index in [1.54, 1.807) is 12.1 Å². The molecule has 0 bridgehead atoms. The normalized spacial score (nSPS) is 24.5. The van der Waals surface area contributed by atoms with Crippen LogP contribution < -0.4 is 4.90 Å². The van der Waals surface area contributed by atoms with Crippen LogP contribution in [0.5, 0.6) is 0 Å². The fourth-order valence-corrected chi connectivity index (χ4v) is 2.10. The first-order valence-corrected chi connectivity index (χ1v) is 5.74. The molecule has 0 amide bonds. The van der Waals surface area contributed by atoms with Gasteiger partial charge in [-0.3, -0.25) is 0 Å². The first-order chi connectivity index (χ1) is 8.11. The Morgan fingerprint density at radius 3 is 2.88 bits per heavy atom. The van der Waals surface area contributed by atoms with E-state index in [1.807, 2.05) is 17.9 Å². The van der Waals surface area contributed by atoms with E-state index in [4.69, 9.17) is 5.26 Å². The van der Waals surface area contributed by atoms with Gasteiger partial charge in [0.15, 0.2) is 0 Å². The summed E-state index contributed by atoms with van der Waals surface area (Å²) in [6, 6.07) is 6.35. The van der Waals surface area contributed by atoms with Crippen LogP contribution in [0.2, 0.25) is 0 Å². The van der Waals surface area contributed by atoms with Crippen LogP contribution >= 0.6 is 0 Å². The van der Waals surface area contributed by atoms with Gasteiger partial charge in [0, 0.05) is 13.1 Å². The van der Waals surface area contributed by atoms with Gasteiger partial charge in [-0.05, 0) is 30.5 Å². The molecule has 1 aromatic carbocycles. The summed E-state index contributed by atoms with van der Waals surface area (Å²) in [6.45, 7) is 3.18. The minimum Gasteiger partial charge on any atom is -0.391 e. The minimum absolute atomic E-state index is 0.257. The Morgan fingerprint density at radius 1 is 1.53 bits per heavy atom. The summed E-state index contributed by atoms with van der Waals surface area (Å²) in [7, 11) is 0. The Kier molecular flexibility index (Phi) is 3.30.